The van der Waals surface area contributed by atoms with Crippen LogP contribution in [0.3, 0.4) is 0 Å². The second-order valence-electron chi connectivity index (χ2n) is 6.62. The quantitative estimate of drug-likeness (QED) is 0.595. The Morgan fingerprint density at radius 2 is 2.07 bits per heavy atom. The van der Waals surface area contributed by atoms with Crippen molar-refractivity contribution in [3.63, 3.8) is 0 Å². The third-order valence-corrected chi connectivity index (χ3v) is 4.46. The van der Waals surface area contributed by atoms with Gasteiger partial charge in [-0.2, -0.15) is 0 Å². The molecule has 7 nitrogen and oxygen atoms in total. The Morgan fingerprint density at radius 1 is 1.21 bits per heavy atom. The first-order chi connectivity index (χ1) is 13.6. The van der Waals surface area contributed by atoms with Crippen molar-refractivity contribution in [2.75, 3.05) is 26.1 Å². The molecule has 7 heteroatoms. The highest BCUT2D eigenvalue weighted by molar-refractivity contribution is 5.92. The van der Waals surface area contributed by atoms with Crippen molar-refractivity contribution in [3.05, 3.63) is 54.5 Å². The van der Waals surface area contributed by atoms with Crippen LogP contribution in [0.4, 0.5) is 5.69 Å². The number of fused-ring (bicyclic) bond motifs is 1. The number of hydrogen-bond donors (Lipinski definition) is 2. The molecule has 0 aliphatic rings. The van der Waals surface area contributed by atoms with Gasteiger partial charge in [-0.15, -0.1) is 0 Å². The molecule has 3 rings (SSSR count). The predicted molar refractivity (Wildman–Crippen MR) is 109 cm³/mol. The van der Waals surface area contributed by atoms with Gasteiger partial charge in [0.15, 0.2) is 0 Å². The van der Waals surface area contributed by atoms with Gasteiger partial charge in [-0.1, -0.05) is 6.07 Å². The SMILES string of the molecule is COc1ccc(OC)c(NC(=O)CC(C)NCCc2cn3ccccc3n2)c1. The predicted octanol–water partition coefficient (Wildman–Crippen LogP) is 2.90. The summed E-state index contributed by atoms with van der Waals surface area (Å²) < 4.78 is 12.5. The van der Waals surface area contributed by atoms with Crippen molar-refractivity contribution in [2.45, 2.75) is 25.8 Å². The van der Waals surface area contributed by atoms with E-state index in [-0.39, 0.29) is 11.9 Å². The van der Waals surface area contributed by atoms with E-state index >= 15 is 0 Å². The standard InChI is InChI=1S/C21H26N4O3/c1-15(22-10-9-16-14-25-11-5-4-6-20(25)23-16)12-21(26)24-18-13-17(27-2)7-8-19(18)28-3/h4-8,11,13-15,22H,9-10,12H2,1-3H3,(H,24,26). The number of anilines is 1. The largest absolute Gasteiger partial charge is 0.497 e. The number of hydrogen-bond acceptors (Lipinski definition) is 5. The normalized spacial score (nSPS) is 12.0. The summed E-state index contributed by atoms with van der Waals surface area (Å²) in [6, 6.07) is 11.3. The van der Waals surface area contributed by atoms with E-state index < -0.39 is 0 Å². The molecule has 2 N–H and O–H groups in total. The summed E-state index contributed by atoms with van der Waals surface area (Å²) in [6.45, 7) is 2.74. The Kier molecular flexibility index (Phi) is 6.49. The lowest BCUT2D eigenvalue weighted by atomic mass is 10.2. The third-order valence-electron chi connectivity index (χ3n) is 4.46. The van der Waals surface area contributed by atoms with Gasteiger partial charge in [0, 0.05) is 43.9 Å². The van der Waals surface area contributed by atoms with Crippen molar-refractivity contribution >= 4 is 17.2 Å². The number of nitrogens with zero attached hydrogens (tertiary/aromatic N) is 2. The fourth-order valence-corrected chi connectivity index (χ4v) is 3.02. The second kappa shape index (κ2) is 9.23. The van der Waals surface area contributed by atoms with Gasteiger partial charge in [0.1, 0.15) is 17.1 Å². The van der Waals surface area contributed by atoms with Crippen molar-refractivity contribution in [3.8, 4) is 11.5 Å². The van der Waals surface area contributed by atoms with E-state index in [1.54, 1.807) is 32.4 Å². The van der Waals surface area contributed by atoms with Gasteiger partial charge in [0.25, 0.3) is 0 Å². The number of carbonyl (C=O) groups excluding carboxylic acids is 1. The number of benzene rings is 1. The van der Waals surface area contributed by atoms with Crippen molar-refractivity contribution in [2.24, 2.45) is 0 Å². The number of pyridine rings is 1. The molecule has 0 aliphatic carbocycles. The maximum Gasteiger partial charge on any atom is 0.226 e. The molecule has 1 unspecified atom stereocenters. The summed E-state index contributed by atoms with van der Waals surface area (Å²) in [6.07, 6.45) is 5.17. The number of imidazole rings is 1. The Bertz CT molecular complexity index is 905. The topological polar surface area (TPSA) is 76.9 Å². The molecule has 0 aliphatic heterocycles. The lowest BCUT2D eigenvalue weighted by molar-refractivity contribution is -0.116. The number of carbonyl (C=O) groups is 1. The zero-order valence-corrected chi connectivity index (χ0v) is 16.4. The molecule has 0 radical (unpaired) electrons. The molecule has 0 spiro atoms. The molecule has 1 aromatic carbocycles. The maximum atomic E-state index is 12.4. The zero-order valence-electron chi connectivity index (χ0n) is 16.4. The summed E-state index contributed by atoms with van der Waals surface area (Å²) in [5, 5.41) is 6.27. The molecular formula is C21H26N4O3. The van der Waals surface area contributed by atoms with Crippen LogP contribution in [0, 0.1) is 0 Å². The summed E-state index contributed by atoms with van der Waals surface area (Å²) in [5.74, 6) is 1.18. The first-order valence-electron chi connectivity index (χ1n) is 9.27. The number of rotatable bonds is 9. The number of aromatic nitrogens is 2. The number of nitrogens with one attached hydrogen (secondary N) is 2. The van der Waals surface area contributed by atoms with Crippen LogP contribution in [0.1, 0.15) is 19.0 Å². The summed E-state index contributed by atoms with van der Waals surface area (Å²) in [7, 11) is 3.16. The van der Waals surface area contributed by atoms with E-state index in [2.05, 4.69) is 15.6 Å². The van der Waals surface area contributed by atoms with Crippen LogP contribution in [-0.4, -0.2) is 42.1 Å². The summed E-state index contributed by atoms with van der Waals surface area (Å²) >= 11 is 0. The van der Waals surface area contributed by atoms with Crippen LogP contribution < -0.4 is 20.1 Å². The average Bonchev–Trinajstić information content (AvgIpc) is 3.10. The van der Waals surface area contributed by atoms with Gasteiger partial charge >= 0.3 is 0 Å². The van der Waals surface area contributed by atoms with Crippen LogP contribution in [0.5, 0.6) is 11.5 Å². The molecule has 0 saturated heterocycles. The zero-order chi connectivity index (χ0) is 19.9. The van der Waals surface area contributed by atoms with Gasteiger partial charge in [-0.3, -0.25) is 4.79 Å². The van der Waals surface area contributed by atoms with Gasteiger partial charge in [0.05, 0.1) is 25.6 Å². The highest BCUT2D eigenvalue weighted by Gasteiger charge is 2.12. The highest BCUT2D eigenvalue weighted by Crippen LogP contribution is 2.29. The first-order valence-corrected chi connectivity index (χ1v) is 9.27. The monoisotopic (exact) mass is 382 g/mol. The highest BCUT2D eigenvalue weighted by atomic mass is 16.5. The fraction of sp³-hybridized carbons (Fsp3) is 0.333. The minimum Gasteiger partial charge on any atom is -0.497 e. The van der Waals surface area contributed by atoms with Crippen molar-refractivity contribution in [1.29, 1.82) is 0 Å². The minimum atomic E-state index is -0.0840. The molecular weight excluding hydrogens is 356 g/mol. The van der Waals surface area contributed by atoms with E-state index in [9.17, 15) is 4.79 Å². The first kappa shape index (κ1) is 19.7. The molecule has 0 fully saturated rings. The molecule has 0 bridgehead atoms. The van der Waals surface area contributed by atoms with Crippen LogP contribution in [0.15, 0.2) is 48.8 Å². The third kappa shape index (κ3) is 5.01. The number of amides is 1. The number of methoxy groups -OCH3 is 2. The van der Waals surface area contributed by atoms with E-state index in [0.29, 0.717) is 23.6 Å². The lowest BCUT2D eigenvalue weighted by Crippen LogP contribution is -2.32. The lowest BCUT2D eigenvalue weighted by Gasteiger charge is -2.15. The molecule has 148 valence electrons. The summed E-state index contributed by atoms with van der Waals surface area (Å²) in [5.41, 5.74) is 2.57. The summed E-state index contributed by atoms with van der Waals surface area (Å²) in [4.78, 5) is 17.0. The molecule has 2 aromatic heterocycles. The Hall–Kier alpha value is -3.06. The Morgan fingerprint density at radius 3 is 2.82 bits per heavy atom. The Labute approximate surface area is 164 Å². The van der Waals surface area contributed by atoms with Crippen LogP contribution in [0.2, 0.25) is 0 Å². The van der Waals surface area contributed by atoms with Crippen molar-refractivity contribution < 1.29 is 14.3 Å². The fourth-order valence-electron chi connectivity index (χ4n) is 3.02. The molecule has 1 amide bonds. The van der Waals surface area contributed by atoms with Gasteiger partial charge < -0.3 is 24.5 Å². The van der Waals surface area contributed by atoms with Crippen molar-refractivity contribution in [1.82, 2.24) is 14.7 Å². The van der Waals surface area contributed by atoms with Gasteiger partial charge in [0.2, 0.25) is 5.91 Å². The van der Waals surface area contributed by atoms with Gasteiger partial charge in [-0.05, 0) is 31.2 Å². The maximum absolute atomic E-state index is 12.4. The molecule has 28 heavy (non-hydrogen) atoms. The smallest absolute Gasteiger partial charge is 0.226 e. The average molecular weight is 382 g/mol. The van der Waals surface area contributed by atoms with Gasteiger partial charge in [-0.25, -0.2) is 4.98 Å². The molecule has 1 atom stereocenters. The molecule has 2 heterocycles. The Balaban J connectivity index is 1.47. The van der Waals surface area contributed by atoms with Crippen LogP contribution in [0.25, 0.3) is 5.65 Å². The molecule has 0 saturated carbocycles. The molecule has 3 aromatic rings. The van der Waals surface area contributed by atoms with Crippen LogP contribution in [-0.2, 0) is 11.2 Å². The van der Waals surface area contributed by atoms with E-state index in [0.717, 1.165) is 24.3 Å². The van der Waals surface area contributed by atoms with E-state index in [1.807, 2.05) is 41.9 Å². The van der Waals surface area contributed by atoms with E-state index in [1.165, 1.54) is 0 Å². The second-order valence-corrected chi connectivity index (χ2v) is 6.62. The minimum absolute atomic E-state index is 0.0358. The van der Waals surface area contributed by atoms with Crippen LogP contribution >= 0.6 is 0 Å². The number of ether oxygens (including phenoxy) is 2. The van der Waals surface area contributed by atoms with E-state index in [4.69, 9.17) is 9.47 Å².